The summed E-state index contributed by atoms with van der Waals surface area (Å²) in [5, 5.41) is -0.0867. The SMILES string of the molecule is CCc1ccc(C(Cl)c2ccccc2C(C)(C)C)cc1. The molecule has 0 aliphatic heterocycles. The predicted octanol–water partition coefficient (Wildman–Crippen LogP) is 5.87. The molecule has 2 aromatic rings. The summed E-state index contributed by atoms with van der Waals surface area (Å²) in [6.45, 7) is 8.86. The fourth-order valence-electron chi connectivity index (χ4n) is 2.50. The summed E-state index contributed by atoms with van der Waals surface area (Å²) in [5.41, 5.74) is 5.15. The Balaban J connectivity index is 2.40. The number of hydrogen-bond acceptors (Lipinski definition) is 0. The molecule has 0 N–H and O–H groups in total. The van der Waals surface area contributed by atoms with Crippen LogP contribution in [0.25, 0.3) is 0 Å². The van der Waals surface area contributed by atoms with Crippen molar-refractivity contribution in [2.45, 2.75) is 44.9 Å². The molecule has 0 nitrogen and oxygen atoms in total. The largest absolute Gasteiger partial charge is 0.113 e. The molecule has 0 saturated heterocycles. The summed E-state index contributed by atoms with van der Waals surface area (Å²) >= 11 is 6.74. The van der Waals surface area contributed by atoms with Crippen molar-refractivity contribution in [3.8, 4) is 0 Å². The van der Waals surface area contributed by atoms with E-state index in [1.165, 1.54) is 22.3 Å². The van der Waals surface area contributed by atoms with E-state index < -0.39 is 0 Å². The summed E-state index contributed by atoms with van der Waals surface area (Å²) < 4.78 is 0. The molecule has 0 fully saturated rings. The average molecular weight is 287 g/mol. The van der Waals surface area contributed by atoms with E-state index in [2.05, 4.69) is 76.2 Å². The zero-order valence-corrected chi connectivity index (χ0v) is 13.5. The van der Waals surface area contributed by atoms with E-state index >= 15 is 0 Å². The van der Waals surface area contributed by atoms with Crippen molar-refractivity contribution in [3.63, 3.8) is 0 Å². The molecule has 2 aromatic carbocycles. The summed E-state index contributed by atoms with van der Waals surface area (Å²) in [5.74, 6) is 0. The van der Waals surface area contributed by atoms with Crippen LogP contribution in [0.1, 0.15) is 55.3 Å². The third-order valence-corrected chi connectivity index (χ3v) is 4.21. The number of alkyl halides is 1. The van der Waals surface area contributed by atoms with Gasteiger partial charge in [-0.1, -0.05) is 76.2 Å². The highest BCUT2D eigenvalue weighted by atomic mass is 35.5. The summed E-state index contributed by atoms with van der Waals surface area (Å²) in [6.07, 6.45) is 1.06. The highest BCUT2D eigenvalue weighted by molar-refractivity contribution is 6.22. The Morgan fingerprint density at radius 3 is 2.10 bits per heavy atom. The van der Waals surface area contributed by atoms with E-state index in [0.29, 0.717) is 0 Å². The average Bonchev–Trinajstić information content (AvgIpc) is 2.46. The molecule has 0 radical (unpaired) electrons. The molecule has 0 saturated carbocycles. The minimum absolute atomic E-state index is 0.0867. The minimum atomic E-state index is -0.0867. The lowest BCUT2D eigenvalue weighted by molar-refractivity contribution is 0.583. The van der Waals surface area contributed by atoms with Gasteiger partial charge in [0, 0.05) is 0 Å². The van der Waals surface area contributed by atoms with E-state index in [-0.39, 0.29) is 10.8 Å². The number of halogens is 1. The second-order valence-corrected chi connectivity index (χ2v) is 6.73. The normalized spacial score (nSPS) is 13.2. The van der Waals surface area contributed by atoms with Gasteiger partial charge >= 0.3 is 0 Å². The monoisotopic (exact) mass is 286 g/mol. The molecular formula is C19H23Cl. The van der Waals surface area contributed by atoms with E-state index in [1.54, 1.807) is 0 Å². The van der Waals surface area contributed by atoms with Crippen molar-refractivity contribution >= 4 is 11.6 Å². The first-order valence-electron chi connectivity index (χ1n) is 7.25. The van der Waals surface area contributed by atoms with Gasteiger partial charge in [0.2, 0.25) is 0 Å². The topological polar surface area (TPSA) is 0 Å². The Kier molecular flexibility index (Phi) is 4.55. The van der Waals surface area contributed by atoms with Gasteiger partial charge in [0.15, 0.2) is 0 Å². The molecule has 2 rings (SSSR count). The Morgan fingerprint density at radius 2 is 1.55 bits per heavy atom. The number of benzene rings is 2. The Labute approximate surface area is 127 Å². The Hall–Kier alpha value is -1.27. The molecular weight excluding hydrogens is 264 g/mol. The molecule has 1 unspecified atom stereocenters. The van der Waals surface area contributed by atoms with E-state index in [4.69, 9.17) is 11.6 Å². The van der Waals surface area contributed by atoms with Gasteiger partial charge in [0.25, 0.3) is 0 Å². The summed E-state index contributed by atoms with van der Waals surface area (Å²) in [7, 11) is 0. The standard InChI is InChI=1S/C19H23Cl/c1-5-14-10-12-15(13-11-14)18(20)16-8-6-7-9-17(16)19(2,3)4/h6-13,18H,5H2,1-4H3. The zero-order chi connectivity index (χ0) is 14.8. The van der Waals surface area contributed by atoms with Gasteiger partial charge in [-0.2, -0.15) is 0 Å². The number of aryl methyl sites for hydroxylation is 1. The Morgan fingerprint density at radius 1 is 0.950 bits per heavy atom. The first-order chi connectivity index (χ1) is 9.43. The van der Waals surface area contributed by atoms with Gasteiger partial charge in [-0.25, -0.2) is 0 Å². The van der Waals surface area contributed by atoms with Crippen molar-refractivity contribution in [2.24, 2.45) is 0 Å². The molecule has 0 heterocycles. The minimum Gasteiger partial charge on any atom is -0.113 e. The Bertz CT molecular complexity index is 561. The molecule has 1 heteroatoms. The zero-order valence-electron chi connectivity index (χ0n) is 12.8. The van der Waals surface area contributed by atoms with E-state index in [9.17, 15) is 0 Å². The van der Waals surface area contributed by atoms with Crippen LogP contribution in [0.5, 0.6) is 0 Å². The summed E-state index contributed by atoms with van der Waals surface area (Å²) in [4.78, 5) is 0. The molecule has 1 atom stereocenters. The van der Waals surface area contributed by atoms with Gasteiger partial charge in [0.1, 0.15) is 0 Å². The van der Waals surface area contributed by atoms with Crippen LogP contribution < -0.4 is 0 Å². The molecule has 0 bridgehead atoms. The van der Waals surface area contributed by atoms with Gasteiger partial charge in [0.05, 0.1) is 5.38 Å². The molecule has 20 heavy (non-hydrogen) atoms. The fraction of sp³-hybridized carbons (Fsp3) is 0.368. The van der Waals surface area contributed by atoms with Crippen LogP contribution in [0.4, 0.5) is 0 Å². The fourth-order valence-corrected chi connectivity index (χ4v) is 2.84. The highest BCUT2D eigenvalue weighted by Gasteiger charge is 2.22. The molecule has 106 valence electrons. The molecule has 0 amide bonds. The van der Waals surface area contributed by atoms with Crippen LogP contribution in [0, 0.1) is 0 Å². The van der Waals surface area contributed by atoms with Crippen LogP contribution in [0.2, 0.25) is 0 Å². The third-order valence-electron chi connectivity index (χ3n) is 3.72. The molecule has 0 aliphatic rings. The lowest BCUT2D eigenvalue weighted by Crippen LogP contribution is -2.15. The van der Waals surface area contributed by atoms with Gasteiger partial charge < -0.3 is 0 Å². The first-order valence-corrected chi connectivity index (χ1v) is 7.69. The molecule has 0 aliphatic carbocycles. The quantitative estimate of drug-likeness (QED) is 0.619. The van der Waals surface area contributed by atoms with Crippen LogP contribution in [-0.4, -0.2) is 0 Å². The smallest absolute Gasteiger partial charge is 0.0838 e. The van der Waals surface area contributed by atoms with Gasteiger partial charge in [-0.05, 0) is 34.1 Å². The van der Waals surface area contributed by atoms with Crippen LogP contribution >= 0.6 is 11.6 Å². The maximum Gasteiger partial charge on any atom is 0.0838 e. The van der Waals surface area contributed by atoms with Gasteiger partial charge in [-0.3, -0.25) is 0 Å². The number of rotatable bonds is 3. The second-order valence-electron chi connectivity index (χ2n) is 6.29. The predicted molar refractivity (Wildman–Crippen MR) is 88.7 cm³/mol. The summed E-state index contributed by atoms with van der Waals surface area (Å²) in [6, 6.07) is 17.1. The van der Waals surface area contributed by atoms with Crippen molar-refractivity contribution in [1.29, 1.82) is 0 Å². The van der Waals surface area contributed by atoms with Crippen LogP contribution in [0.3, 0.4) is 0 Å². The highest BCUT2D eigenvalue weighted by Crippen LogP contribution is 2.36. The van der Waals surface area contributed by atoms with E-state index in [0.717, 1.165) is 6.42 Å². The molecule has 0 aromatic heterocycles. The van der Waals surface area contributed by atoms with Crippen molar-refractivity contribution < 1.29 is 0 Å². The molecule has 0 spiro atoms. The lowest BCUT2D eigenvalue weighted by atomic mass is 9.82. The second kappa shape index (κ2) is 6.01. The van der Waals surface area contributed by atoms with Crippen molar-refractivity contribution in [1.82, 2.24) is 0 Å². The third kappa shape index (κ3) is 3.24. The van der Waals surface area contributed by atoms with Gasteiger partial charge in [-0.15, -0.1) is 11.6 Å². The van der Waals surface area contributed by atoms with Crippen molar-refractivity contribution in [3.05, 3.63) is 70.8 Å². The first kappa shape index (κ1) is 15.1. The van der Waals surface area contributed by atoms with Crippen LogP contribution in [0.15, 0.2) is 48.5 Å². The van der Waals surface area contributed by atoms with E-state index in [1.807, 2.05) is 0 Å². The van der Waals surface area contributed by atoms with Crippen LogP contribution in [-0.2, 0) is 11.8 Å². The maximum absolute atomic E-state index is 6.74. The maximum atomic E-state index is 6.74. The number of hydrogen-bond donors (Lipinski definition) is 0. The lowest BCUT2D eigenvalue weighted by Gasteiger charge is -2.25. The van der Waals surface area contributed by atoms with Crippen molar-refractivity contribution in [2.75, 3.05) is 0 Å².